The molecular weight excluding hydrogens is 254 g/mol. The number of hydrogen-bond acceptors (Lipinski definition) is 3. The molecule has 2 aromatic rings. The smallest absolute Gasteiger partial charge is 0.237 e. The van der Waals surface area contributed by atoms with Gasteiger partial charge in [0.25, 0.3) is 0 Å². The Hall–Kier alpha value is -2.49. The lowest BCUT2D eigenvalue weighted by molar-refractivity contribution is -0.128. The number of anilines is 1. The molecule has 1 aliphatic heterocycles. The van der Waals surface area contributed by atoms with E-state index in [0.717, 1.165) is 17.2 Å². The standard InChI is InChI=1S/C16H15NO3/c1-3-13-15(14-5-4-10-20-14)17(16(13)18)11-6-8-12(19-2)9-7-11/h3-10,13,15H,1H2,2H3/t13-,15+/m1/s1. The first-order valence-electron chi connectivity index (χ1n) is 6.39. The van der Waals surface area contributed by atoms with Gasteiger partial charge in [-0.15, -0.1) is 6.58 Å². The van der Waals surface area contributed by atoms with Gasteiger partial charge in [-0.2, -0.15) is 0 Å². The second-order valence-corrected chi connectivity index (χ2v) is 4.63. The molecule has 4 heteroatoms. The fourth-order valence-electron chi connectivity index (χ4n) is 2.54. The molecule has 1 fully saturated rings. The Balaban J connectivity index is 1.94. The SMILES string of the molecule is C=C[C@H]1C(=O)N(c2ccc(OC)cc2)[C@@H]1c1ccco1. The molecule has 1 aromatic carbocycles. The van der Waals surface area contributed by atoms with Gasteiger partial charge in [-0.05, 0) is 36.4 Å². The first kappa shape index (κ1) is 12.5. The third kappa shape index (κ3) is 1.81. The topological polar surface area (TPSA) is 42.7 Å². The van der Waals surface area contributed by atoms with Gasteiger partial charge in [0.05, 0.1) is 19.3 Å². The zero-order valence-corrected chi connectivity index (χ0v) is 11.2. The number of β-lactam (4-membered cyclic amide) rings is 1. The minimum atomic E-state index is -0.233. The summed E-state index contributed by atoms with van der Waals surface area (Å²) < 4.78 is 10.6. The van der Waals surface area contributed by atoms with Crippen LogP contribution in [0.25, 0.3) is 0 Å². The largest absolute Gasteiger partial charge is 0.497 e. The summed E-state index contributed by atoms with van der Waals surface area (Å²) in [6, 6.07) is 11.0. The van der Waals surface area contributed by atoms with Crippen molar-refractivity contribution in [2.45, 2.75) is 6.04 Å². The Morgan fingerprint density at radius 3 is 2.60 bits per heavy atom. The van der Waals surface area contributed by atoms with Crippen molar-refractivity contribution in [3.63, 3.8) is 0 Å². The number of ether oxygens (including phenoxy) is 1. The monoisotopic (exact) mass is 269 g/mol. The molecule has 1 aliphatic rings. The maximum atomic E-state index is 12.2. The van der Waals surface area contributed by atoms with Crippen LogP contribution in [-0.4, -0.2) is 13.0 Å². The molecule has 0 unspecified atom stereocenters. The number of carbonyl (C=O) groups excluding carboxylic acids is 1. The Morgan fingerprint density at radius 2 is 2.05 bits per heavy atom. The number of rotatable bonds is 4. The van der Waals surface area contributed by atoms with Crippen molar-refractivity contribution >= 4 is 11.6 Å². The second-order valence-electron chi connectivity index (χ2n) is 4.63. The summed E-state index contributed by atoms with van der Waals surface area (Å²) in [7, 11) is 1.61. The van der Waals surface area contributed by atoms with E-state index in [-0.39, 0.29) is 17.9 Å². The van der Waals surface area contributed by atoms with E-state index in [0.29, 0.717) is 0 Å². The Bertz CT molecular complexity index is 616. The lowest BCUT2D eigenvalue weighted by Gasteiger charge is -2.44. The molecular formula is C16H15NO3. The number of amides is 1. The van der Waals surface area contributed by atoms with Crippen molar-refractivity contribution in [3.8, 4) is 5.75 Å². The molecule has 2 heterocycles. The van der Waals surface area contributed by atoms with Crippen molar-refractivity contribution in [2.24, 2.45) is 5.92 Å². The molecule has 102 valence electrons. The Morgan fingerprint density at radius 1 is 1.30 bits per heavy atom. The van der Waals surface area contributed by atoms with Crippen LogP contribution in [0.15, 0.2) is 59.7 Å². The molecule has 1 amide bonds. The number of carbonyl (C=O) groups is 1. The van der Waals surface area contributed by atoms with Gasteiger partial charge in [-0.1, -0.05) is 6.08 Å². The minimum Gasteiger partial charge on any atom is -0.497 e. The van der Waals surface area contributed by atoms with Crippen LogP contribution in [0.2, 0.25) is 0 Å². The maximum Gasteiger partial charge on any atom is 0.237 e. The first-order chi connectivity index (χ1) is 9.76. The number of benzene rings is 1. The molecule has 20 heavy (non-hydrogen) atoms. The molecule has 1 saturated heterocycles. The second kappa shape index (κ2) is 4.89. The highest BCUT2D eigenvalue weighted by Crippen LogP contribution is 2.44. The molecule has 3 rings (SSSR count). The van der Waals surface area contributed by atoms with Gasteiger partial charge < -0.3 is 14.1 Å². The molecule has 0 saturated carbocycles. The van der Waals surface area contributed by atoms with Crippen LogP contribution < -0.4 is 9.64 Å². The third-order valence-corrected chi connectivity index (χ3v) is 3.58. The zero-order valence-electron chi connectivity index (χ0n) is 11.2. The number of furan rings is 1. The third-order valence-electron chi connectivity index (χ3n) is 3.58. The molecule has 0 radical (unpaired) electrons. The van der Waals surface area contributed by atoms with E-state index in [4.69, 9.17) is 9.15 Å². The molecule has 1 aromatic heterocycles. The summed E-state index contributed by atoms with van der Waals surface area (Å²) in [6.45, 7) is 3.74. The average molecular weight is 269 g/mol. The van der Waals surface area contributed by atoms with Crippen LogP contribution in [0.4, 0.5) is 5.69 Å². The van der Waals surface area contributed by atoms with Gasteiger partial charge in [-0.3, -0.25) is 4.79 Å². The van der Waals surface area contributed by atoms with Crippen LogP contribution in [0, 0.1) is 5.92 Å². The number of nitrogens with zero attached hydrogens (tertiary/aromatic N) is 1. The van der Waals surface area contributed by atoms with Gasteiger partial charge >= 0.3 is 0 Å². The predicted octanol–water partition coefficient (Wildman–Crippen LogP) is 3.18. The van der Waals surface area contributed by atoms with E-state index in [9.17, 15) is 4.79 Å². The van der Waals surface area contributed by atoms with Gasteiger partial charge in [-0.25, -0.2) is 0 Å². The maximum absolute atomic E-state index is 12.2. The fraction of sp³-hybridized carbons (Fsp3) is 0.188. The van der Waals surface area contributed by atoms with Crippen LogP contribution in [0.3, 0.4) is 0 Å². The highest BCUT2D eigenvalue weighted by Gasteiger charge is 2.48. The van der Waals surface area contributed by atoms with Crippen LogP contribution in [0.5, 0.6) is 5.75 Å². The molecule has 0 spiro atoms. The summed E-state index contributed by atoms with van der Waals surface area (Å²) in [6.07, 6.45) is 3.29. The van der Waals surface area contributed by atoms with Gasteiger partial charge in [0.1, 0.15) is 17.6 Å². The van der Waals surface area contributed by atoms with Crippen LogP contribution in [0.1, 0.15) is 11.8 Å². The highest BCUT2D eigenvalue weighted by molar-refractivity contribution is 6.04. The van der Waals surface area contributed by atoms with E-state index in [1.165, 1.54) is 0 Å². The molecule has 0 bridgehead atoms. The van der Waals surface area contributed by atoms with E-state index >= 15 is 0 Å². The van der Waals surface area contributed by atoms with E-state index < -0.39 is 0 Å². The van der Waals surface area contributed by atoms with Crippen molar-refractivity contribution < 1.29 is 13.9 Å². The molecule has 2 atom stereocenters. The normalized spacial score (nSPS) is 21.4. The predicted molar refractivity (Wildman–Crippen MR) is 75.6 cm³/mol. The minimum absolute atomic E-state index is 0.0339. The van der Waals surface area contributed by atoms with Crippen LogP contribution in [-0.2, 0) is 4.79 Å². The first-order valence-corrected chi connectivity index (χ1v) is 6.39. The highest BCUT2D eigenvalue weighted by atomic mass is 16.5. The van der Waals surface area contributed by atoms with Crippen molar-refractivity contribution in [2.75, 3.05) is 12.0 Å². The molecule has 0 N–H and O–H groups in total. The van der Waals surface area contributed by atoms with E-state index in [1.54, 1.807) is 24.3 Å². The van der Waals surface area contributed by atoms with Gasteiger partial charge in [0, 0.05) is 5.69 Å². The lowest BCUT2D eigenvalue weighted by atomic mass is 9.85. The summed E-state index contributed by atoms with van der Waals surface area (Å²) in [5.41, 5.74) is 0.829. The summed E-state index contributed by atoms with van der Waals surface area (Å²) in [5, 5.41) is 0. The Kier molecular flexibility index (Phi) is 3.06. The quantitative estimate of drug-likeness (QED) is 0.632. The lowest BCUT2D eigenvalue weighted by Crippen LogP contribution is -2.54. The molecule has 0 aliphatic carbocycles. The summed E-state index contributed by atoms with van der Waals surface area (Å²) in [4.78, 5) is 14.0. The summed E-state index contributed by atoms with van der Waals surface area (Å²) in [5.74, 6) is 1.33. The zero-order chi connectivity index (χ0) is 14.1. The van der Waals surface area contributed by atoms with E-state index in [1.807, 2.05) is 36.4 Å². The number of methoxy groups -OCH3 is 1. The van der Waals surface area contributed by atoms with Crippen LogP contribution >= 0.6 is 0 Å². The Labute approximate surface area is 117 Å². The van der Waals surface area contributed by atoms with Crippen molar-refractivity contribution in [1.29, 1.82) is 0 Å². The summed E-state index contributed by atoms with van der Waals surface area (Å²) >= 11 is 0. The fourth-order valence-corrected chi connectivity index (χ4v) is 2.54. The van der Waals surface area contributed by atoms with E-state index in [2.05, 4.69) is 6.58 Å². The molecule has 4 nitrogen and oxygen atoms in total. The van der Waals surface area contributed by atoms with Gasteiger partial charge in [0.2, 0.25) is 5.91 Å². The van der Waals surface area contributed by atoms with Crippen molar-refractivity contribution in [1.82, 2.24) is 0 Å². The van der Waals surface area contributed by atoms with Gasteiger partial charge in [0.15, 0.2) is 0 Å². The average Bonchev–Trinajstić information content (AvgIpc) is 2.99. The van der Waals surface area contributed by atoms with Crippen molar-refractivity contribution in [3.05, 3.63) is 61.1 Å². The number of hydrogen-bond donors (Lipinski definition) is 0.